The summed E-state index contributed by atoms with van der Waals surface area (Å²) in [7, 11) is 0. The lowest BCUT2D eigenvalue weighted by molar-refractivity contribution is 0.156. The van der Waals surface area contributed by atoms with Gasteiger partial charge in [-0.25, -0.2) is 9.59 Å². The van der Waals surface area contributed by atoms with Gasteiger partial charge in [0.2, 0.25) is 0 Å². The summed E-state index contributed by atoms with van der Waals surface area (Å²) in [5.74, 6) is 0.789. The van der Waals surface area contributed by atoms with E-state index in [-0.39, 0.29) is 0 Å². The average molecular weight is 198 g/mol. The van der Waals surface area contributed by atoms with Crippen molar-refractivity contribution < 1.29 is 13.9 Å². The minimum absolute atomic E-state index is 0.395. The molecule has 1 aromatic rings. The fourth-order valence-electron chi connectivity index (χ4n) is 1.54. The van der Waals surface area contributed by atoms with E-state index in [0.29, 0.717) is 37.2 Å². The third kappa shape index (κ3) is 1.63. The van der Waals surface area contributed by atoms with Crippen LogP contribution in [-0.4, -0.2) is 11.2 Å². The highest BCUT2D eigenvalue weighted by Crippen LogP contribution is 2.18. The van der Waals surface area contributed by atoms with E-state index in [1.165, 1.54) is 0 Å². The minimum Gasteiger partial charge on any atom is -0.419 e. The monoisotopic (exact) mass is 198 g/mol. The van der Waals surface area contributed by atoms with Crippen molar-refractivity contribution in [1.82, 2.24) is 0 Å². The summed E-state index contributed by atoms with van der Waals surface area (Å²) in [6, 6.07) is 0. The summed E-state index contributed by atoms with van der Waals surface area (Å²) < 4.78 is 9.57. The normalized spacial score (nSPS) is 17.5. The first kappa shape index (κ1) is 9.21. The molecule has 76 valence electrons. The molecule has 0 radical (unpaired) electrons. The van der Waals surface area contributed by atoms with Gasteiger partial charge in [0, 0.05) is 12.8 Å². The number of hydrogen-bond donors (Lipinski definition) is 1. The van der Waals surface area contributed by atoms with Crippen LogP contribution in [0.2, 0.25) is 0 Å². The Morgan fingerprint density at radius 3 is 1.86 bits per heavy atom. The van der Waals surface area contributed by atoms with Gasteiger partial charge in [0.25, 0.3) is 0 Å². The number of fused-ring (bicyclic) bond motifs is 1. The molecule has 5 nitrogen and oxygen atoms in total. The van der Waals surface area contributed by atoms with Crippen molar-refractivity contribution in [2.75, 3.05) is 0 Å². The van der Waals surface area contributed by atoms with Gasteiger partial charge < -0.3 is 13.9 Å². The highest BCUT2D eigenvalue weighted by molar-refractivity contribution is 5.06. The highest BCUT2D eigenvalue weighted by atomic mass is 16.5. The largest absolute Gasteiger partial charge is 0.423 e. The molecular weight excluding hydrogens is 188 g/mol. The van der Waals surface area contributed by atoms with E-state index in [9.17, 15) is 14.7 Å². The van der Waals surface area contributed by atoms with E-state index in [1.807, 2.05) is 0 Å². The topological polar surface area (TPSA) is 80.7 Å². The van der Waals surface area contributed by atoms with Crippen LogP contribution in [0.25, 0.3) is 0 Å². The van der Waals surface area contributed by atoms with Crippen LogP contribution in [0.5, 0.6) is 0 Å². The van der Waals surface area contributed by atoms with E-state index < -0.39 is 17.4 Å². The number of aryl methyl sites for hydroxylation is 2. The van der Waals surface area contributed by atoms with E-state index in [0.717, 1.165) is 0 Å². The molecule has 0 saturated heterocycles. The van der Waals surface area contributed by atoms with Crippen molar-refractivity contribution in [3.05, 3.63) is 32.4 Å². The Kier molecular flexibility index (Phi) is 2.25. The van der Waals surface area contributed by atoms with E-state index in [2.05, 4.69) is 0 Å². The zero-order valence-corrected chi connectivity index (χ0v) is 7.49. The summed E-state index contributed by atoms with van der Waals surface area (Å²) in [5, 5.41) is 9.36. The van der Waals surface area contributed by atoms with Crippen molar-refractivity contribution in [3.63, 3.8) is 0 Å². The Morgan fingerprint density at radius 1 is 1.00 bits per heavy atom. The van der Waals surface area contributed by atoms with Crippen molar-refractivity contribution >= 4 is 0 Å². The van der Waals surface area contributed by atoms with Gasteiger partial charge in [0.05, 0.1) is 6.10 Å². The lowest BCUT2D eigenvalue weighted by atomic mass is 10.1. The highest BCUT2D eigenvalue weighted by Gasteiger charge is 2.19. The second kappa shape index (κ2) is 3.42. The summed E-state index contributed by atoms with van der Waals surface area (Å²) in [6.45, 7) is 0. The molecule has 1 heterocycles. The molecule has 1 N–H and O–H groups in total. The maximum Gasteiger partial charge on any atom is 0.423 e. The van der Waals surface area contributed by atoms with Crippen molar-refractivity contribution in [3.8, 4) is 0 Å². The van der Waals surface area contributed by atoms with Gasteiger partial charge in [0.15, 0.2) is 0 Å². The quantitative estimate of drug-likeness (QED) is 0.462. The lowest BCUT2D eigenvalue weighted by Gasteiger charge is -2.01. The summed E-state index contributed by atoms with van der Waals surface area (Å²) in [5.41, 5.74) is -1.94. The third-order valence-electron chi connectivity index (χ3n) is 2.32. The van der Waals surface area contributed by atoms with Crippen LogP contribution >= 0.6 is 0 Å². The second-order valence-electron chi connectivity index (χ2n) is 3.36. The fraction of sp³-hybridized carbons (Fsp3) is 0.556. The van der Waals surface area contributed by atoms with Gasteiger partial charge >= 0.3 is 11.3 Å². The minimum atomic E-state index is -0.972. The number of aliphatic hydroxyl groups excluding tert-OH is 1. The predicted molar refractivity (Wildman–Crippen MR) is 46.2 cm³/mol. The smallest absolute Gasteiger partial charge is 0.419 e. The maximum atomic E-state index is 10.8. The van der Waals surface area contributed by atoms with Crippen molar-refractivity contribution in [1.29, 1.82) is 0 Å². The zero-order chi connectivity index (χ0) is 10.1. The molecule has 0 unspecified atom stereocenters. The van der Waals surface area contributed by atoms with Crippen LogP contribution in [0, 0.1) is 0 Å². The molecule has 0 spiro atoms. The Labute approximate surface area is 79.0 Å². The fourth-order valence-corrected chi connectivity index (χ4v) is 1.54. The van der Waals surface area contributed by atoms with Crippen molar-refractivity contribution in [2.45, 2.75) is 31.8 Å². The van der Waals surface area contributed by atoms with Gasteiger partial charge in [-0.15, -0.1) is 0 Å². The number of hydrogen-bond acceptors (Lipinski definition) is 5. The predicted octanol–water partition coefficient (Wildman–Crippen LogP) is -0.167. The molecule has 0 amide bonds. The zero-order valence-electron chi connectivity index (χ0n) is 7.49. The van der Waals surface area contributed by atoms with Crippen LogP contribution in [0.3, 0.4) is 0 Å². The number of rotatable bonds is 0. The average Bonchev–Trinajstić information content (AvgIpc) is 2.31. The molecule has 0 saturated carbocycles. The maximum absolute atomic E-state index is 10.8. The summed E-state index contributed by atoms with van der Waals surface area (Å²) >= 11 is 0. The molecule has 0 aromatic carbocycles. The van der Waals surface area contributed by atoms with E-state index >= 15 is 0 Å². The molecule has 0 atom stereocenters. The van der Waals surface area contributed by atoms with Gasteiger partial charge in [0.1, 0.15) is 11.5 Å². The molecule has 1 aromatic heterocycles. The Bertz CT molecular complexity index is 400. The number of aliphatic hydroxyl groups is 1. The molecule has 5 heteroatoms. The standard InChI is InChI=1S/C9H10O5/c10-5-1-3-6-7(4-2-5)14-9(12)8(11)13-6/h5,10H,1-4H2. The first-order valence-corrected chi connectivity index (χ1v) is 4.51. The molecule has 0 fully saturated rings. The summed E-state index contributed by atoms with van der Waals surface area (Å²) in [4.78, 5) is 21.7. The Morgan fingerprint density at radius 2 is 1.43 bits per heavy atom. The van der Waals surface area contributed by atoms with E-state index in [4.69, 9.17) is 8.83 Å². The molecular formula is C9H10O5. The Hall–Kier alpha value is -1.36. The summed E-state index contributed by atoms with van der Waals surface area (Å²) in [6.07, 6.45) is 1.52. The molecule has 0 aliphatic heterocycles. The molecule has 1 aliphatic rings. The van der Waals surface area contributed by atoms with Crippen molar-refractivity contribution in [2.24, 2.45) is 0 Å². The molecule has 14 heavy (non-hydrogen) atoms. The third-order valence-corrected chi connectivity index (χ3v) is 2.32. The lowest BCUT2D eigenvalue weighted by Crippen LogP contribution is -2.23. The molecule has 1 aliphatic carbocycles. The van der Waals surface area contributed by atoms with Crippen LogP contribution < -0.4 is 11.3 Å². The van der Waals surface area contributed by atoms with Gasteiger partial charge in [-0.2, -0.15) is 0 Å². The van der Waals surface area contributed by atoms with Crippen LogP contribution in [0.1, 0.15) is 24.4 Å². The van der Waals surface area contributed by atoms with E-state index in [1.54, 1.807) is 0 Å². The first-order valence-electron chi connectivity index (χ1n) is 4.51. The van der Waals surface area contributed by atoms with Crippen LogP contribution in [-0.2, 0) is 12.8 Å². The van der Waals surface area contributed by atoms with Crippen LogP contribution in [0.15, 0.2) is 18.4 Å². The van der Waals surface area contributed by atoms with Gasteiger partial charge in [-0.05, 0) is 12.8 Å². The second-order valence-corrected chi connectivity index (χ2v) is 3.36. The first-order chi connectivity index (χ1) is 6.66. The Balaban J connectivity index is 2.47. The van der Waals surface area contributed by atoms with Crippen LogP contribution in [0.4, 0.5) is 0 Å². The van der Waals surface area contributed by atoms with Gasteiger partial charge in [-0.3, -0.25) is 0 Å². The van der Waals surface area contributed by atoms with Gasteiger partial charge in [-0.1, -0.05) is 0 Å². The molecule has 2 rings (SSSR count). The molecule has 0 bridgehead atoms. The SMILES string of the molecule is O=c1oc2c(oc1=O)CCC(O)CC2.